The van der Waals surface area contributed by atoms with Gasteiger partial charge in [0.2, 0.25) is 5.82 Å². The van der Waals surface area contributed by atoms with E-state index in [1.807, 2.05) is 16.8 Å². The van der Waals surface area contributed by atoms with Crippen molar-refractivity contribution in [1.29, 1.82) is 0 Å². The minimum atomic E-state index is -0.458. The van der Waals surface area contributed by atoms with Crippen LogP contribution in [0.2, 0.25) is 0 Å². The number of thiophene rings is 1. The topological polar surface area (TPSA) is 82.1 Å². The van der Waals surface area contributed by atoms with Crippen LogP contribution in [-0.2, 0) is 0 Å². The van der Waals surface area contributed by atoms with Crippen molar-refractivity contribution in [3.05, 3.63) is 62.7 Å². The van der Waals surface area contributed by atoms with Crippen LogP contribution >= 0.6 is 22.9 Å². The maximum Gasteiger partial charge on any atom is 0.269 e. The summed E-state index contributed by atoms with van der Waals surface area (Å²) in [6, 6.07) is 7.88. The van der Waals surface area contributed by atoms with Gasteiger partial charge in [-0.25, -0.2) is 0 Å². The van der Waals surface area contributed by atoms with Crippen LogP contribution < -0.4 is 0 Å². The average Bonchev–Trinajstić information content (AvgIpc) is 3.19. The van der Waals surface area contributed by atoms with Gasteiger partial charge in [0.25, 0.3) is 11.6 Å². The third kappa shape index (κ3) is 3.05. The largest absolute Gasteiger partial charge is 0.333 e. The van der Waals surface area contributed by atoms with E-state index in [4.69, 9.17) is 16.1 Å². The van der Waals surface area contributed by atoms with E-state index in [-0.39, 0.29) is 16.6 Å². The zero-order valence-corrected chi connectivity index (χ0v) is 12.5. The summed E-state index contributed by atoms with van der Waals surface area (Å²) < 4.78 is 5.12. The quantitative estimate of drug-likeness (QED) is 0.520. The number of nitro benzene ring substituents is 1. The number of aromatic nitrogens is 2. The van der Waals surface area contributed by atoms with E-state index in [0.717, 1.165) is 5.56 Å². The fourth-order valence-electron chi connectivity index (χ4n) is 1.73. The third-order valence-corrected chi connectivity index (χ3v) is 3.76. The molecule has 8 heteroatoms. The predicted octanol–water partition coefficient (Wildman–Crippen LogP) is 4.44. The molecule has 3 aromatic rings. The number of halogens is 1. The van der Waals surface area contributed by atoms with Crippen molar-refractivity contribution in [2.24, 2.45) is 0 Å². The Hall–Kier alpha value is -2.51. The second-order valence-electron chi connectivity index (χ2n) is 4.28. The molecule has 0 atom stereocenters. The Bertz CT molecular complexity index is 825. The highest BCUT2D eigenvalue weighted by atomic mass is 35.5. The molecule has 22 heavy (non-hydrogen) atoms. The number of hydrogen-bond acceptors (Lipinski definition) is 6. The number of hydrogen-bond donors (Lipinski definition) is 0. The Labute approximate surface area is 133 Å². The molecule has 0 spiro atoms. The molecular weight excluding hydrogens is 326 g/mol. The van der Waals surface area contributed by atoms with E-state index >= 15 is 0 Å². The number of nitro groups is 1. The van der Waals surface area contributed by atoms with Gasteiger partial charge in [0.15, 0.2) is 0 Å². The molecule has 0 radical (unpaired) electrons. The molecule has 3 rings (SSSR count). The van der Waals surface area contributed by atoms with Crippen molar-refractivity contribution in [2.75, 3.05) is 0 Å². The van der Waals surface area contributed by atoms with Gasteiger partial charge in [0.05, 0.1) is 4.92 Å². The minimum absolute atomic E-state index is 0.0193. The Morgan fingerprint density at radius 2 is 2.09 bits per heavy atom. The number of nitrogens with zero attached hydrogens (tertiary/aromatic N) is 3. The van der Waals surface area contributed by atoms with Crippen molar-refractivity contribution in [1.82, 2.24) is 10.1 Å². The molecule has 2 aromatic heterocycles. The summed E-state index contributed by atoms with van der Waals surface area (Å²) in [5.74, 6) is 0.660. The van der Waals surface area contributed by atoms with Gasteiger partial charge in [-0.3, -0.25) is 10.1 Å². The fraction of sp³-hybridized carbons (Fsp3) is 0. The van der Waals surface area contributed by atoms with Gasteiger partial charge in [0.1, 0.15) is 5.03 Å². The maximum absolute atomic E-state index is 10.6. The second-order valence-corrected chi connectivity index (χ2v) is 5.46. The van der Waals surface area contributed by atoms with E-state index in [9.17, 15) is 10.1 Å². The first-order valence-corrected chi connectivity index (χ1v) is 7.44. The van der Waals surface area contributed by atoms with Crippen LogP contribution in [0.1, 0.15) is 11.5 Å². The molecule has 0 saturated carbocycles. The standard InChI is InChI=1S/C14H8ClN3O3S/c15-12(7-9-1-3-11(4-2-9)18(19)20)14-16-13(17-21-14)10-5-6-22-8-10/h1-8H/b12-7-. The summed E-state index contributed by atoms with van der Waals surface area (Å²) in [7, 11) is 0. The van der Waals surface area contributed by atoms with Crippen LogP contribution in [0.4, 0.5) is 5.69 Å². The van der Waals surface area contributed by atoms with Gasteiger partial charge in [-0.15, -0.1) is 0 Å². The Morgan fingerprint density at radius 1 is 1.32 bits per heavy atom. The molecule has 0 aliphatic heterocycles. The highest BCUT2D eigenvalue weighted by Crippen LogP contribution is 2.25. The molecule has 2 heterocycles. The molecule has 0 amide bonds. The van der Waals surface area contributed by atoms with E-state index in [1.54, 1.807) is 18.2 Å². The lowest BCUT2D eigenvalue weighted by molar-refractivity contribution is -0.384. The number of benzene rings is 1. The van der Waals surface area contributed by atoms with Crippen LogP contribution in [0.5, 0.6) is 0 Å². The van der Waals surface area contributed by atoms with E-state index in [0.29, 0.717) is 11.4 Å². The molecule has 0 fully saturated rings. The van der Waals surface area contributed by atoms with Gasteiger partial charge in [0, 0.05) is 23.1 Å². The second kappa shape index (κ2) is 6.08. The fourth-order valence-corrected chi connectivity index (χ4v) is 2.57. The van der Waals surface area contributed by atoms with Crippen molar-refractivity contribution in [2.45, 2.75) is 0 Å². The first-order chi connectivity index (χ1) is 10.6. The van der Waals surface area contributed by atoms with Gasteiger partial charge in [-0.05, 0) is 35.2 Å². The Kier molecular flexibility index (Phi) is 3.99. The summed E-state index contributed by atoms with van der Waals surface area (Å²) in [5, 5.41) is 18.6. The van der Waals surface area contributed by atoms with E-state index in [2.05, 4.69) is 10.1 Å². The predicted molar refractivity (Wildman–Crippen MR) is 84.4 cm³/mol. The normalized spacial score (nSPS) is 11.6. The van der Waals surface area contributed by atoms with E-state index < -0.39 is 4.92 Å². The zero-order chi connectivity index (χ0) is 15.5. The SMILES string of the molecule is O=[N+]([O-])c1ccc(/C=C(\Cl)c2nc(-c3ccsc3)no2)cc1. The van der Waals surface area contributed by atoms with Gasteiger partial charge in [-0.2, -0.15) is 16.3 Å². The molecule has 0 aliphatic carbocycles. The summed E-state index contributed by atoms with van der Waals surface area (Å²) in [4.78, 5) is 14.4. The molecule has 110 valence electrons. The van der Waals surface area contributed by atoms with Crippen LogP contribution in [-0.4, -0.2) is 15.1 Å². The summed E-state index contributed by atoms with van der Waals surface area (Å²) in [5.41, 5.74) is 1.58. The lowest BCUT2D eigenvalue weighted by Crippen LogP contribution is -1.86. The third-order valence-electron chi connectivity index (χ3n) is 2.81. The van der Waals surface area contributed by atoms with Crippen molar-refractivity contribution < 1.29 is 9.45 Å². The zero-order valence-electron chi connectivity index (χ0n) is 11.0. The molecule has 0 N–H and O–H groups in total. The van der Waals surface area contributed by atoms with Crippen LogP contribution in [0, 0.1) is 10.1 Å². The lowest BCUT2D eigenvalue weighted by Gasteiger charge is -1.95. The first-order valence-electron chi connectivity index (χ1n) is 6.12. The smallest absolute Gasteiger partial charge is 0.269 e. The highest BCUT2D eigenvalue weighted by Gasteiger charge is 2.12. The molecule has 0 saturated heterocycles. The van der Waals surface area contributed by atoms with Crippen LogP contribution in [0.3, 0.4) is 0 Å². The van der Waals surface area contributed by atoms with Gasteiger partial charge < -0.3 is 4.52 Å². The van der Waals surface area contributed by atoms with Gasteiger partial charge >= 0.3 is 0 Å². The Balaban J connectivity index is 1.84. The van der Waals surface area contributed by atoms with Crippen LogP contribution in [0.15, 0.2) is 45.6 Å². The Morgan fingerprint density at radius 3 is 2.73 bits per heavy atom. The van der Waals surface area contributed by atoms with Crippen molar-refractivity contribution >= 4 is 39.7 Å². The van der Waals surface area contributed by atoms with Crippen molar-refractivity contribution in [3.63, 3.8) is 0 Å². The maximum atomic E-state index is 10.6. The summed E-state index contributed by atoms with van der Waals surface area (Å²) >= 11 is 7.69. The molecule has 0 unspecified atom stereocenters. The lowest BCUT2D eigenvalue weighted by atomic mass is 10.2. The molecule has 1 aromatic carbocycles. The van der Waals surface area contributed by atoms with Gasteiger partial charge in [-0.1, -0.05) is 16.8 Å². The number of rotatable bonds is 4. The first kappa shape index (κ1) is 14.4. The summed E-state index contributed by atoms with van der Waals surface area (Å²) in [6.45, 7) is 0. The molecule has 0 bridgehead atoms. The molecular formula is C14H8ClN3O3S. The average molecular weight is 334 g/mol. The number of non-ortho nitro benzene ring substituents is 1. The monoisotopic (exact) mass is 333 g/mol. The highest BCUT2D eigenvalue weighted by molar-refractivity contribution is 7.08. The minimum Gasteiger partial charge on any atom is -0.333 e. The molecule has 6 nitrogen and oxygen atoms in total. The van der Waals surface area contributed by atoms with E-state index in [1.165, 1.54) is 23.5 Å². The van der Waals surface area contributed by atoms with Crippen LogP contribution in [0.25, 0.3) is 22.5 Å². The van der Waals surface area contributed by atoms with Crippen molar-refractivity contribution in [3.8, 4) is 11.4 Å². The summed E-state index contributed by atoms with van der Waals surface area (Å²) in [6.07, 6.45) is 1.61. The molecule has 0 aliphatic rings.